The summed E-state index contributed by atoms with van der Waals surface area (Å²) in [5, 5.41) is 4.28. The Hall–Kier alpha value is -2.54. The summed E-state index contributed by atoms with van der Waals surface area (Å²) in [6.45, 7) is 3.87. The van der Waals surface area contributed by atoms with Crippen LogP contribution in [0.2, 0.25) is 15.1 Å². The van der Waals surface area contributed by atoms with Crippen LogP contribution in [0.4, 0.5) is 5.69 Å². The molecule has 0 radical (unpaired) electrons. The molecule has 0 amide bonds. The second-order valence-corrected chi connectivity index (χ2v) is 8.20. The maximum Gasteiger partial charge on any atom is 0.284 e. The summed E-state index contributed by atoms with van der Waals surface area (Å²) in [6, 6.07) is 8.82. The van der Waals surface area contributed by atoms with Crippen molar-refractivity contribution < 1.29 is 0 Å². The highest BCUT2D eigenvalue weighted by molar-refractivity contribution is 6.40. The highest BCUT2D eigenvalue weighted by atomic mass is 35.5. The zero-order chi connectivity index (χ0) is 21.6. The Kier molecular flexibility index (Phi) is 5.49. The normalized spacial score (nSPS) is 11.4. The smallest absolute Gasteiger partial charge is 0.284 e. The lowest BCUT2D eigenvalue weighted by Crippen LogP contribution is -2.18. The summed E-state index contributed by atoms with van der Waals surface area (Å²) in [7, 11) is 0. The number of nitrogen functional groups attached to an aromatic ring is 1. The van der Waals surface area contributed by atoms with Gasteiger partial charge in [0.1, 0.15) is 17.1 Å². The number of hydrogen-bond acceptors (Lipinski definition) is 4. The number of benzene rings is 2. The number of aromatic nitrogens is 4. The van der Waals surface area contributed by atoms with Crippen LogP contribution in [-0.2, 0) is 12.8 Å². The molecule has 2 aliphatic rings. The van der Waals surface area contributed by atoms with E-state index in [4.69, 9.17) is 40.5 Å². The van der Waals surface area contributed by atoms with Gasteiger partial charge >= 0.3 is 0 Å². The first-order valence-electron chi connectivity index (χ1n) is 9.29. The van der Waals surface area contributed by atoms with Crippen LogP contribution in [0.5, 0.6) is 0 Å². The summed E-state index contributed by atoms with van der Waals surface area (Å²) in [6.07, 6.45) is 0.954. The van der Waals surface area contributed by atoms with Crippen LogP contribution in [0.15, 0.2) is 35.1 Å². The third-order valence-electron chi connectivity index (χ3n) is 5.06. The molecule has 0 aliphatic carbocycles. The first-order valence-corrected chi connectivity index (χ1v) is 10.4. The number of fused-ring (bicyclic) bond motifs is 1. The number of aryl methyl sites for hydroxylation is 1. The Labute approximate surface area is 187 Å². The Balaban J connectivity index is 1.93. The van der Waals surface area contributed by atoms with Gasteiger partial charge in [0.25, 0.3) is 5.56 Å². The quantitative estimate of drug-likeness (QED) is 0.415. The van der Waals surface area contributed by atoms with Gasteiger partial charge in [0.2, 0.25) is 0 Å². The van der Waals surface area contributed by atoms with Gasteiger partial charge in [0.05, 0.1) is 10.0 Å². The molecule has 0 aromatic heterocycles. The predicted molar refractivity (Wildman–Crippen MR) is 121 cm³/mol. The van der Waals surface area contributed by atoms with Crippen LogP contribution in [0.25, 0.3) is 17.1 Å². The van der Waals surface area contributed by atoms with Gasteiger partial charge in [-0.25, -0.2) is 9.67 Å². The number of nitrogens with one attached hydrogen (secondary N) is 1. The van der Waals surface area contributed by atoms with Crippen molar-refractivity contribution in [1.82, 2.24) is 19.7 Å². The van der Waals surface area contributed by atoms with E-state index in [-0.39, 0.29) is 5.56 Å². The Morgan fingerprint density at radius 2 is 1.83 bits per heavy atom. The first-order chi connectivity index (χ1) is 14.3. The van der Waals surface area contributed by atoms with Crippen LogP contribution in [0.3, 0.4) is 0 Å². The van der Waals surface area contributed by atoms with Crippen molar-refractivity contribution in [3.63, 3.8) is 0 Å². The van der Waals surface area contributed by atoms with E-state index in [9.17, 15) is 4.79 Å². The van der Waals surface area contributed by atoms with E-state index in [0.717, 1.165) is 11.1 Å². The number of nitrogens with zero attached hydrogens (tertiary/aromatic N) is 3. The van der Waals surface area contributed by atoms with Crippen molar-refractivity contribution in [3.8, 4) is 17.1 Å². The summed E-state index contributed by atoms with van der Waals surface area (Å²) in [4.78, 5) is 21.8. The third kappa shape index (κ3) is 3.55. The molecule has 2 heterocycles. The molecule has 30 heavy (non-hydrogen) atoms. The molecule has 0 atom stereocenters. The molecule has 9 heteroatoms. The van der Waals surface area contributed by atoms with E-state index >= 15 is 0 Å². The fourth-order valence-corrected chi connectivity index (χ4v) is 4.44. The van der Waals surface area contributed by atoms with E-state index in [1.54, 1.807) is 16.8 Å². The molecule has 2 aromatic carbocycles. The second kappa shape index (κ2) is 7.95. The Morgan fingerprint density at radius 1 is 1.13 bits per heavy atom. The molecule has 4 rings (SSSR count). The highest BCUT2D eigenvalue weighted by Crippen LogP contribution is 2.35. The molecule has 0 saturated carbocycles. The molecule has 0 unspecified atom stereocenters. The maximum atomic E-state index is 12.9. The minimum Gasteiger partial charge on any atom is -0.399 e. The lowest BCUT2D eigenvalue weighted by Gasteiger charge is -2.12. The van der Waals surface area contributed by atoms with E-state index in [2.05, 4.69) is 15.1 Å². The summed E-state index contributed by atoms with van der Waals surface area (Å²) in [5.74, 6) is 0.798. The first kappa shape index (κ1) is 20.7. The van der Waals surface area contributed by atoms with Gasteiger partial charge in [-0.3, -0.25) is 9.89 Å². The molecule has 6 nitrogen and oxygen atoms in total. The fraction of sp³-hybridized carbons (Fsp3) is 0.190. The van der Waals surface area contributed by atoms with Crippen molar-refractivity contribution in [2.75, 3.05) is 5.73 Å². The number of anilines is 1. The van der Waals surface area contributed by atoms with Crippen molar-refractivity contribution in [3.05, 3.63) is 78.4 Å². The van der Waals surface area contributed by atoms with Gasteiger partial charge in [0.15, 0.2) is 5.82 Å². The van der Waals surface area contributed by atoms with Crippen molar-refractivity contribution in [2.24, 2.45) is 0 Å². The van der Waals surface area contributed by atoms with E-state index in [0.29, 0.717) is 62.2 Å². The number of rotatable bonds is 4. The van der Waals surface area contributed by atoms with Gasteiger partial charge < -0.3 is 5.73 Å². The van der Waals surface area contributed by atoms with Gasteiger partial charge in [-0.15, -0.1) is 0 Å². The minimum absolute atomic E-state index is 0.336. The van der Waals surface area contributed by atoms with Crippen LogP contribution >= 0.6 is 34.8 Å². The number of hydrogen-bond donors (Lipinski definition) is 2. The van der Waals surface area contributed by atoms with Crippen LogP contribution in [0, 0.1) is 6.92 Å². The number of halogens is 3. The zero-order valence-corrected chi connectivity index (χ0v) is 18.5. The lowest BCUT2D eigenvalue weighted by atomic mass is 10.0. The van der Waals surface area contributed by atoms with Crippen molar-refractivity contribution in [1.29, 1.82) is 0 Å². The number of nitrogens with two attached hydrogens (primary N) is 1. The summed E-state index contributed by atoms with van der Waals surface area (Å²) >= 11 is 18.9. The largest absolute Gasteiger partial charge is 0.399 e. The number of H-pyrrole nitrogens is 1. The van der Waals surface area contributed by atoms with E-state index < -0.39 is 0 Å². The highest BCUT2D eigenvalue weighted by Gasteiger charge is 2.25. The Bertz CT molecular complexity index is 1270. The van der Waals surface area contributed by atoms with Gasteiger partial charge in [0, 0.05) is 22.8 Å². The van der Waals surface area contributed by atoms with Crippen LogP contribution < -0.4 is 11.3 Å². The number of aromatic amines is 1. The molecule has 0 saturated heterocycles. The minimum atomic E-state index is -0.357. The predicted octanol–water partition coefficient (Wildman–Crippen LogP) is 5.06. The Morgan fingerprint density at radius 3 is 2.50 bits per heavy atom. The third-order valence-corrected chi connectivity index (χ3v) is 5.85. The summed E-state index contributed by atoms with van der Waals surface area (Å²) < 4.78 is 1.62. The molecule has 0 bridgehead atoms. The molecular weight excluding hydrogens is 445 g/mol. The standard InChI is InChI=1S/C21H18Cl3N5O/c1-3-16-18-20(29(28-16)19-13(23)8-12(22)9-14(19)24)26-17(27-21(18)30)7-11-5-4-6-15(25)10(11)2/h4-6,8-9,28H,3,7,25H2,1-2H3. The molecular formula is C21H18Cl3N5O. The average Bonchev–Trinajstić information content (AvgIpc) is 3.04. The zero-order valence-electron chi connectivity index (χ0n) is 16.3. The van der Waals surface area contributed by atoms with E-state index in [1.165, 1.54) is 0 Å². The fourth-order valence-electron chi connectivity index (χ4n) is 3.45. The van der Waals surface area contributed by atoms with Gasteiger partial charge in [-0.1, -0.05) is 53.9 Å². The molecule has 0 spiro atoms. The molecule has 3 N–H and O–H groups in total. The molecule has 154 valence electrons. The van der Waals surface area contributed by atoms with Gasteiger partial charge in [-0.05, 0) is 42.7 Å². The van der Waals surface area contributed by atoms with E-state index in [1.807, 2.05) is 32.0 Å². The van der Waals surface area contributed by atoms with Crippen molar-refractivity contribution in [2.45, 2.75) is 26.7 Å². The molecule has 2 aliphatic heterocycles. The maximum absolute atomic E-state index is 12.9. The van der Waals surface area contributed by atoms with Crippen LogP contribution in [0.1, 0.15) is 29.6 Å². The second-order valence-electron chi connectivity index (χ2n) is 6.95. The van der Waals surface area contributed by atoms with Gasteiger partial charge in [-0.2, -0.15) is 4.98 Å². The monoisotopic (exact) mass is 461 g/mol. The SMILES string of the molecule is CCc1[nH]n(-c2c(Cl)cc(Cl)cc2Cl)c2nc(Cc3cccc(N)c3C)nc(=O)c1-2. The van der Waals surface area contributed by atoms with Crippen LogP contribution in [-0.4, -0.2) is 19.7 Å². The topological polar surface area (TPSA) is 89.6 Å². The summed E-state index contributed by atoms with van der Waals surface area (Å²) in [5.41, 5.74) is 9.80. The van der Waals surface area contributed by atoms with Crippen molar-refractivity contribution >= 4 is 40.5 Å². The molecule has 0 fully saturated rings. The lowest BCUT2D eigenvalue weighted by molar-refractivity contribution is 0.826. The molecule has 2 aromatic rings. The average molecular weight is 463 g/mol.